The Labute approximate surface area is 183 Å². The largest absolute Gasteiger partial charge is 0.508 e. The molecule has 7 heteroatoms. The molecule has 32 heavy (non-hydrogen) atoms. The van der Waals surface area contributed by atoms with Crippen LogP contribution in [-0.2, 0) is 10.3 Å². The molecule has 0 aliphatic carbocycles. The Bertz CT molecular complexity index is 1370. The lowest BCUT2D eigenvalue weighted by molar-refractivity contribution is 0.264. The SMILES string of the molecule is NC1=N[C@]2(CO1)c1cc(-c3ccc(O)cc3)ccc1Oc1ccc(-c3cncnc3)cc12. The molecule has 0 radical (unpaired) electrons. The van der Waals surface area contributed by atoms with E-state index in [0.717, 1.165) is 33.4 Å². The Balaban J connectivity index is 1.54. The second kappa shape index (κ2) is 6.81. The summed E-state index contributed by atoms with van der Waals surface area (Å²) in [6.45, 7) is 0.274. The zero-order valence-corrected chi connectivity index (χ0v) is 16.9. The number of hydrogen-bond acceptors (Lipinski definition) is 7. The van der Waals surface area contributed by atoms with Crippen LogP contribution in [0.15, 0.2) is 84.4 Å². The van der Waals surface area contributed by atoms with Crippen molar-refractivity contribution < 1.29 is 14.6 Å². The number of hydrogen-bond donors (Lipinski definition) is 2. The first-order valence-electron chi connectivity index (χ1n) is 10.1. The van der Waals surface area contributed by atoms with Gasteiger partial charge in [-0.3, -0.25) is 0 Å². The summed E-state index contributed by atoms with van der Waals surface area (Å²) in [4.78, 5) is 13.0. The van der Waals surface area contributed by atoms with Crippen LogP contribution in [0.2, 0.25) is 0 Å². The van der Waals surface area contributed by atoms with Gasteiger partial charge in [0.15, 0.2) is 5.54 Å². The van der Waals surface area contributed by atoms with Crippen molar-refractivity contribution in [3.63, 3.8) is 0 Å². The molecule has 1 atom stereocenters. The molecule has 2 aliphatic heterocycles. The molecule has 0 fully saturated rings. The van der Waals surface area contributed by atoms with Crippen molar-refractivity contribution >= 4 is 6.02 Å². The Hall–Kier alpha value is -4.39. The zero-order chi connectivity index (χ0) is 21.7. The number of ether oxygens (including phenoxy) is 2. The molecule has 6 rings (SSSR count). The van der Waals surface area contributed by atoms with Crippen molar-refractivity contribution in [2.75, 3.05) is 6.61 Å². The maximum absolute atomic E-state index is 9.64. The fourth-order valence-electron chi connectivity index (χ4n) is 4.32. The molecule has 156 valence electrons. The van der Waals surface area contributed by atoms with Crippen molar-refractivity contribution in [1.29, 1.82) is 0 Å². The summed E-state index contributed by atoms with van der Waals surface area (Å²) in [6, 6.07) is 19.1. The van der Waals surface area contributed by atoms with E-state index in [9.17, 15) is 5.11 Å². The van der Waals surface area contributed by atoms with Crippen molar-refractivity contribution in [3.05, 3.63) is 90.5 Å². The minimum absolute atomic E-state index is 0.146. The lowest BCUT2D eigenvalue weighted by atomic mass is 9.79. The molecule has 0 bridgehead atoms. The standard InChI is InChI=1S/C25H18N4O3/c26-24-29-25(13-31-24)20-9-16(15-1-5-19(30)6-2-15)3-7-22(20)32-23-8-4-17(10-21(23)25)18-11-27-14-28-12-18/h1-12,14,30H,13H2,(H2,26,29)/t25-/m1/s1. The normalized spacial score (nSPS) is 18.3. The highest BCUT2D eigenvalue weighted by molar-refractivity contribution is 5.79. The van der Waals surface area contributed by atoms with E-state index < -0.39 is 5.54 Å². The van der Waals surface area contributed by atoms with Gasteiger partial charge in [0.25, 0.3) is 6.02 Å². The van der Waals surface area contributed by atoms with Crippen LogP contribution >= 0.6 is 0 Å². The minimum Gasteiger partial charge on any atom is -0.508 e. The highest BCUT2D eigenvalue weighted by atomic mass is 16.5. The molecule has 1 aromatic heterocycles. The fraction of sp³-hybridized carbons (Fsp3) is 0.0800. The van der Waals surface area contributed by atoms with Crippen LogP contribution in [0.25, 0.3) is 22.3 Å². The van der Waals surface area contributed by atoms with E-state index in [1.807, 2.05) is 42.5 Å². The average Bonchev–Trinajstić information content (AvgIpc) is 3.22. The highest BCUT2D eigenvalue weighted by Crippen LogP contribution is 2.52. The summed E-state index contributed by atoms with van der Waals surface area (Å²) in [7, 11) is 0. The number of aromatic hydroxyl groups is 1. The zero-order valence-electron chi connectivity index (χ0n) is 16.9. The van der Waals surface area contributed by atoms with Gasteiger partial charge < -0.3 is 20.3 Å². The van der Waals surface area contributed by atoms with Crippen LogP contribution < -0.4 is 10.5 Å². The maximum atomic E-state index is 9.64. The van der Waals surface area contributed by atoms with Gasteiger partial charge in [0.2, 0.25) is 0 Å². The van der Waals surface area contributed by atoms with Crippen molar-refractivity contribution in [3.8, 4) is 39.5 Å². The number of benzene rings is 3. The number of rotatable bonds is 2. The van der Waals surface area contributed by atoms with Gasteiger partial charge in [-0.15, -0.1) is 0 Å². The molecule has 0 saturated carbocycles. The van der Waals surface area contributed by atoms with Gasteiger partial charge in [0.1, 0.15) is 30.2 Å². The second-order valence-electron chi connectivity index (χ2n) is 7.80. The lowest BCUT2D eigenvalue weighted by Gasteiger charge is -2.34. The Morgan fingerprint density at radius 2 is 1.38 bits per heavy atom. The minimum atomic E-state index is -0.828. The molecular formula is C25H18N4O3. The molecule has 7 nitrogen and oxygen atoms in total. The van der Waals surface area contributed by atoms with E-state index in [1.165, 1.54) is 6.33 Å². The Kier molecular flexibility index (Phi) is 3.91. The van der Waals surface area contributed by atoms with Crippen molar-refractivity contribution in [1.82, 2.24) is 9.97 Å². The van der Waals surface area contributed by atoms with Crippen LogP contribution in [0.1, 0.15) is 11.1 Å². The maximum Gasteiger partial charge on any atom is 0.283 e. The summed E-state index contributed by atoms with van der Waals surface area (Å²) in [5.41, 5.74) is 10.7. The van der Waals surface area contributed by atoms with Gasteiger partial charge in [0, 0.05) is 29.1 Å². The number of nitrogens with two attached hydrogens (primary N) is 1. The summed E-state index contributed by atoms with van der Waals surface area (Å²) in [5, 5.41) is 9.64. The van der Waals surface area contributed by atoms with E-state index in [2.05, 4.69) is 16.0 Å². The summed E-state index contributed by atoms with van der Waals surface area (Å²) in [6.07, 6.45) is 5.04. The van der Waals surface area contributed by atoms with Crippen LogP contribution in [0.5, 0.6) is 17.2 Å². The predicted octanol–water partition coefficient (Wildman–Crippen LogP) is 4.21. The predicted molar refractivity (Wildman–Crippen MR) is 119 cm³/mol. The third-order valence-electron chi connectivity index (χ3n) is 5.89. The molecule has 3 N–H and O–H groups in total. The Morgan fingerprint density at radius 3 is 1.97 bits per heavy atom. The molecule has 0 unspecified atom stereocenters. The number of phenolic OH excluding ortho intramolecular Hbond substituents is 1. The van der Waals surface area contributed by atoms with E-state index in [0.29, 0.717) is 11.5 Å². The molecule has 3 aromatic carbocycles. The van der Waals surface area contributed by atoms with Crippen LogP contribution in [-0.4, -0.2) is 27.7 Å². The van der Waals surface area contributed by atoms with Gasteiger partial charge in [0.05, 0.1) is 0 Å². The van der Waals surface area contributed by atoms with Gasteiger partial charge in [-0.25, -0.2) is 15.0 Å². The highest BCUT2D eigenvalue weighted by Gasteiger charge is 2.47. The molecule has 4 aromatic rings. The van der Waals surface area contributed by atoms with Crippen LogP contribution in [0.3, 0.4) is 0 Å². The van der Waals surface area contributed by atoms with Gasteiger partial charge in [-0.1, -0.05) is 24.3 Å². The Morgan fingerprint density at radius 1 is 0.781 bits per heavy atom. The van der Waals surface area contributed by atoms with Crippen LogP contribution in [0.4, 0.5) is 0 Å². The first-order chi connectivity index (χ1) is 15.6. The lowest BCUT2D eigenvalue weighted by Crippen LogP contribution is -2.31. The second-order valence-corrected chi connectivity index (χ2v) is 7.80. The van der Waals surface area contributed by atoms with E-state index in [1.54, 1.807) is 24.5 Å². The van der Waals surface area contributed by atoms with Crippen LogP contribution in [0, 0.1) is 0 Å². The first kappa shape index (κ1) is 18.4. The van der Waals surface area contributed by atoms with E-state index >= 15 is 0 Å². The van der Waals surface area contributed by atoms with Gasteiger partial charge in [-0.05, 0) is 53.1 Å². The average molecular weight is 422 g/mol. The molecule has 3 heterocycles. The summed E-state index contributed by atoms with van der Waals surface area (Å²) >= 11 is 0. The smallest absolute Gasteiger partial charge is 0.283 e. The number of phenols is 1. The monoisotopic (exact) mass is 422 g/mol. The third kappa shape index (κ3) is 2.79. The van der Waals surface area contributed by atoms with Gasteiger partial charge >= 0.3 is 0 Å². The number of fused-ring (bicyclic) bond motifs is 4. The molecule has 0 saturated heterocycles. The number of aliphatic imine (C=N–C) groups is 1. The first-order valence-corrected chi connectivity index (χ1v) is 10.1. The molecular weight excluding hydrogens is 404 g/mol. The van der Waals surface area contributed by atoms with Crippen molar-refractivity contribution in [2.45, 2.75) is 5.54 Å². The van der Waals surface area contributed by atoms with E-state index in [4.69, 9.17) is 20.2 Å². The summed E-state index contributed by atoms with van der Waals surface area (Å²) in [5.74, 6) is 1.63. The number of amidine groups is 1. The third-order valence-corrected chi connectivity index (χ3v) is 5.89. The molecule has 2 aliphatic rings. The summed E-state index contributed by atoms with van der Waals surface area (Å²) < 4.78 is 11.9. The molecule has 1 spiro atoms. The molecule has 0 amide bonds. The topological polar surface area (TPSA) is 103 Å². The quantitative estimate of drug-likeness (QED) is 0.502. The number of nitrogens with zero attached hydrogens (tertiary/aromatic N) is 3. The van der Waals surface area contributed by atoms with E-state index in [-0.39, 0.29) is 18.4 Å². The fourth-order valence-corrected chi connectivity index (χ4v) is 4.32. The van der Waals surface area contributed by atoms with Crippen molar-refractivity contribution in [2.24, 2.45) is 10.7 Å². The van der Waals surface area contributed by atoms with Gasteiger partial charge in [-0.2, -0.15) is 0 Å². The number of aromatic nitrogens is 2.